The van der Waals surface area contributed by atoms with Gasteiger partial charge in [-0.25, -0.2) is 0 Å². The van der Waals surface area contributed by atoms with E-state index in [0.29, 0.717) is 11.3 Å². The molecule has 1 N–H and O–H groups in total. The molecule has 0 radical (unpaired) electrons. The number of hydrogen-bond donors (Lipinski definition) is 1. The normalized spacial score (nSPS) is 22.4. The lowest BCUT2D eigenvalue weighted by Gasteiger charge is -2.50. The summed E-state index contributed by atoms with van der Waals surface area (Å²) >= 11 is 0. The molecular weight excluding hydrogens is 254 g/mol. The van der Waals surface area contributed by atoms with Crippen LogP contribution < -0.4 is 5.32 Å². The van der Waals surface area contributed by atoms with Crippen LogP contribution >= 0.6 is 0 Å². The highest BCUT2D eigenvalue weighted by Gasteiger charge is 2.61. The van der Waals surface area contributed by atoms with Crippen LogP contribution in [0, 0.1) is 5.41 Å². The maximum Gasteiger partial charge on any atom is 0.00968 e. The van der Waals surface area contributed by atoms with Crippen LogP contribution in [-0.2, 0) is 5.41 Å². The van der Waals surface area contributed by atoms with Gasteiger partial charge in [0.2, 0.25) is 0 Å². The molecule has 1 nitrogen and oxygen atoms in total. The average molecular weight is 285 g/mol. The second-order valence-corrected chi connectivity index (χ2v) is 9.01. The Kier molecular flexibility index (Phi) is 3.48. The Labute approximate surface area is 130 Å². The monoisotopic (exact) mass is 285 g/mol. The van der Waals surface area contributed by atoms with Gasteiger partial charge in [-0.15, -0.1) is 0 Å². The van der Waals surface area contributed by atoms with E-state index in [2.05, 4.69) is 64.2 Å². The van der Waals surface area contributed by atoms with Gasteiger partial charge in [0.15, 0.2) is 0 Å². The third-order valence-corrected chi connectivity index (χ3v) is 5.53. The zero-order valence-electron chi connectivity index (χ0n) is 14.4. The minimum absolute atomic E-state index is 0.206. The van der Waals surface area contributed by atoms with Crippen molar-refractivity contribution in [3.05, 3.63) is 35.4 Å². The van der Waals surface area contributed by atoms with E-state index in [1.54, 1.807) is 5.56 Å². The molecule has 0 unspecified atom stereocenters. The van der Waals surface area contributed by atoms with E-state index in [0.717, 1.165) is 12.0 Å². The molecule has 2 saturated carbocycles. The molecule has 3 rings (SSSR count). The summed E-state index contributed by atoms with van der Waals surface area (Å²) in [6.07, 6.45) is 5.72. The Morgan fingerprint density at radius 3 is 2.05 bits per heavy atom. The van der Waals surface area contributed by atoms with E-state index in [9.17, 15) is 0 Å². The van der Waals surface area contributed by atoms with Crippen molar-refractivity contribution in [3.8, 4) is 0 Å². The smallest absolute Gasteiger partial charge is 0.00968 e. The average Bonchev–Trinajstić information content (AvgIpc) is 3.14. The first-order chi connectivity index (χ1) is 9.74. The fourth-order valence-corrected chi connectivity index (χ4v) is 4.00. The molecule has 2 fully saturated rings. The molecule has 0 heterocycles. The van der Waals surface area contributed by atoms with Gasteiger partial charge in [-0.3, -0.25) is 0 Å². The molecule has 0 amide bonds. The van der Waals surface area contributed by atoms with Crippen molar-refractivity contribution in [1.82, 2.24) is 5.32 Å². The summed E-state index contributed by atoms with van der Waals surface area (Å²) in [6, 6.07) is 9.48. The van der Waals surface area contributed by atoms with Gasteiger partial charge < -0.3 is 5.32 Å². The van der Waals surface area contributed by atoms with E-state index in [-0.39, 0.29) is 5.54 Å². The quantitative estimate of drug-likeness (QED) is 0.820. The van der Waals surface area contributed by atoms with E-state index < -0.39 is 0 Å². The molecule has 0 bridgehead atoms. The third kappa shape index (κ3) is 3.04. The molecule has 0 saturated heterocycles. The Hall–Kier alpha value is -0.820. The van der Waals surface area contributed by atoms with Gasteiger partial charge in [0.1, 0.15) is 0 Å². The minimum Gasteiger partial charge on any atom is -0.311 e. The number of hydrogen-bond acceptors (Lipinski definition) is 1. The van der Waals surface area contributed by atoms with E-state index in [4.69, 9.17) is 0 Å². The van der Waals surface area contributed by atoms with Crippen LogP contribution in [0.1, 0.15) is 77.3 Å². The van der Waals surface area contributed by atoms with E-state index >= 15 is 0 Å². The van der Waals surface area contributed by atoms with Crippen molar-refractivity contribution < 1.29 is 0 Å². The SMILES string of the molecule is CC(C)c1ccc(C2(CNC(C)(C)C)CC3(CC3)C2)cc1. The molecule has 1 spiro atoms. The largest absolute Gasteiger partial charge is 0.311 e. The van der Waals surface area contributed by atoms with Crippen molar-refractivity contribution in [2.45, 2.75) is 77.2 Å². The first-order valence-corrected chi connectivity index (χ1v) is 8.59. The minimum atomic E-state index is 0.206. The van der Waals surface area contributed by atoms with Crippen LogP contribution in [0.5, 0.6) is 0 Å². The van der Waals surface area contributed by atoms with Gasteiger partial charge in [0.25, 0.3) is 0 Å². The van der Waals surface area contributed by atoms with Crippen LogP contribution in [0.4, 0.5) is 0 Å². The highest BCUT2D eigenvalue weighted by atomic mass is 15.0. The number of benzene rings is 1. The van der Waals surface area contributed by atoms with Crippen LogP contribution in [0.25, 0.3) is 0 Å². The summed E-state index contributed by atoms with van der Waals surface area (Å²) in [6.45, 7) is 12.5. The van der Waals surface area contributed by atoms with Crippen molar-refractivity contribution in [2.75, 3.05) is 6.54 Å². The molecule has 0 aliphatic heterocycles. The summed E-state index contributed by atoms with van der Waals surface area (Å²) in [5, 5.41) is 3.77. The topological polar surface area (TPSA) is 12.0 Å². The Balaban J connectivity index is 1.79. The van der Waals surface area contributed by atoms with Crippen molar-refractivity contribution in [1.29, 1.82) is 0 Å². The van der Waals surface area contributed by atoms with Gasteiger partial charge in [-0.2, -0.15) is 0 Å². The van der Waals surface area contributed by atoms with Crippen molar-refractivity contribution in [2.24, 2.45) is 5.41 Å². The van der Waals surface area contributed by atoms with Crippen LogP contribution in [0.2, 0.25) is 0 Å². The lowest BCUT2D eigenvalue weighted by molar-refractivity contribution is 0.108. The zero-order valence-corrected chi connectivity index (χ0v) is 14.4. The first kappa shape index (κ1) is 15.1. The fourth-order valence-electron chi connectivity index (χ4n) is 4.00. The van der Waals surface area contributed by atoms with Gasteiger partial charge >= 0.3 is 0 Å². The predicted molar refractivity (Wildman–Crippen MR) is 90.9 cm³/mol. The molecule has 2 aliphatic carbocycles. The summed E-state index contributed by atoms with van der Waals surface area (Å²) in [5.74, 6) is 0.624. The molecule has 0 atom stereocenters. The Bertz CT molecular complexity index is 492. The van der Waals surface area contributed by atoms with Crippen molar-refractivity contribution >= 4 is 0 Å². The molecule has 21 heavy (non-hydrogen) atoms. The number of rotatable bonds is 4. The lowest BCUT2D eigenvalue weighted by Crippen LogP contribution is -2.53. The van der Waals surface area contributed by atoms with Crippen LogP contribution in [0.15, 0.2) is 24.3 Å². The maximum atomic E-state index is 3.77. The zero-order chi connectivity index (χ0) is 15.3. The molecule has 1 aromatic carbocycles. The van der Waals surface area contributed by atoms with Gasteiger partial charge in [-0.05, 0) is 68.9 Å². The summed E-state index contributed by atoms with van der Waals surface area (Å²) in [5.41, 5.74) is 4.34. The molecule has 1 heteroatoms. The lowest BCUT2D eigenvalue weighted by atomic mass is 9.56. The summed E-state index contributed by atoms with van der Waals surface area (Å²) in [7, 11) is 0. The molecule has 0 aromatic heterocycles. The Morgan fingerprint density at radius 2 is 1.62 bits per heavy atom. The van der Waals surface area contributed by atoms with E-state index in [1.807, 2.05) is 0 Å². The molecule has 2 aliphatic rings. The third-order valence-electron chi connectivity index (χ3n) is 5.53. The van der Waals surface area contributed by atoms with E-state index in [1.165, 1.54) is 31.2 Å². The number of nitrogens with one attached hydrogen (secondary N) is 1. The predicted octanol–water partition coefficient (Wildman–Crippen LogP) is 5.01. The van der Waals surface area contributed by atoms with Crippen LogP contribution in [-0.4, -0.2) is 12.1 Å². The Morgan fingerprint density at radius 1 is 1.05 bits per heavy atom. The molecule has 1 aromatic rings. The summed E-state index contributed by atoms with van der Waals surface area (Å²) < 4.78 is 0. The molecule has 116 valence electrons. The van der Waals surface area contributed by atoms with Crippen LogP contribution in [0.3, 0.4) is 0 Å². The van der Waals surface area contributed by atoms with Gasteiger partial charge in [0, 0.05) is 17.5 Å². The summed E-state index contributed by atoms with van der Waals surface area (Å²) in [4.78, 5) is 0. The fraction of sp³-hybridized carbons (Fsp3) is 0.700. The highest BCUT2D eigenvalue weighted by molar-refractivity contribution is 5.36. The first-order valence-electron chi connectivity index (χ1n) is 8.59. The van der Waals surface area contributed by atoms with Gasteiger partial charge in [0.05, 0.1) is 0 Å². The second-order valence-electron chi connectivity index (χ2n) is 9.01. The second kappa shape index (κ2) is 4.84. The highest BCUT2D eigenvalue weighted by Crippen LogP contribution is 2.68. The van der Waals surface area contributed by atoms with Gasteiger partial charge in [-0.1, -0.05) is 38.1 Å². The standard InChI is InChI=1S/C20H31N/c1-15(2)16-6-8-17(9-7-16)20(14-21-18(3,4)5)12-19(13-20)10-11-19/h6-9,15,21H,10-14H2,1-5H3. The maximum absolute atomic E-state index is 3.77. The van der Waals surface area contributed by atoms with Crippen molar-refractivity contribution in [3.63, 3.8) is 0 Å². The molecular formula is C20H31N.